The standard InChI is InChI=1S/C23H37N5O/c1-4-13-23(29,14-5-2)19-27-22(24-6-3)26-15-12-21-25-16-17-28(21)18-20-10-8-7-9-11-20/h7-11,16-17,29H,4-6,12-15,18-19H2,1-3H3,(H2,24,26,27). The fourth-order valence-electron chi connectivity index (χ4n) is 3.57. The summed E-state index contributed by atoms with van der Waals surface area (Å²) in [7, 11) is 0. The predicted molar refractivity (Wildman–Crippen MR) is 120 cm³/mol. The van der Waals surface area contributed by atoms with Crippen molar-refractivity contribution in [3.05, 3.63) is 54.1 Å². The zero-order chi connectivity index (χ0) is 21.0. The van der Waals surface area contributed by atoms with Crippen molar-refractivity contribution in [1.82, 2.24) is 20.2 Å². The number of aliphatic hydroxyl groups is 1. The van der Waals surface area contributed by atoms with Gasteiger partial charge in [-0.25, -0.2) is 4.98 Å². The largest absolute Gasteiger partial charge is 0.388 e. The van der Waals surface area contributed by atoms with Crippen LogP contribution in [0.15, 0.2) is 47.7 Å². The Morgan fingerprint density at radius 2 is 1.83 bits per heavy atom. The first-order chi connectivity index (χ1) is 14.1. The van der Waals surface area contributed by atoms with Crippen LogP contribution in [-0.4, -0.2) is 45.9 Å². The summed E-state index contributed by atoms with van der Waals surface area (Å²) in [5.74, 6) is 1.80. The highest BCUT2D eigenvalue weighted by Crippen LogP contribution is 2.19. The highest BCUT2D eigenvalue weighted by molar-refractivity contribution is 5.79. The highest BCUT2D eigenvalue weighted by atomic mass is 16.3. The molecular formula is C23H37N5O. The Balaban J connectivity index is 1.92. The minimum absolute atomic E-state index is 0.423. The predicted octanol–water partition coefficient (Wildman–Crippen LogP) is 3.36. The molecule has 160 valence electrons. The van der Waals surface area contributed by atoms with Crippen molar-refractivity contribution in [1.29, 1.82) is 0 Å². The van der Waals surface area contributed by atoms with Crippen LogP contribution in [0.3, 0.4) is 0 Å². The highest BCUT2D eigenvalue weighted by Gasteiger charge is 2.24. The Kier molecular flexibility index (Phi) is 9.71. The van der Waals surface area contributed by atoms with Crippen molar-refractivity contribution < 1.29 is 5.11 Å². The van der Waals surface area contributed by atoms with E-state index >= 15 is 0 Å². The summed E-state index contributed by atoms with van der Waals surface area (Å²) in [6.45, 7) is 9.02. The van der Waals surface area contributed by atoms with Gasteiger partial charge in [-0.3, -0.25) is 4.99 Å². The van der Waals surface area contributed by atoms with Gasteiger partial charge in [-0.15, -0.1) is 0 Å². The number of hydrogen-bond acceptors (Lipinski definition) is 3. The number of nitrogens with zero attached hydrogens (tertiary/aromatic N) is 3. The molecule has 1 aromatic heterocycles. The van der Waals surface area contributed by atoms with Crippen molar-refractivity contribution in [2.24, 2.45) is 4.99 Å². The molecular weight excluding hydrogens is 362 g/mol. The van der Waals surface area contributed by atoms with Crippen LogP contribution in [0.5, 0.6) is 0 Å². The van der Waals surface area contributed by atoms with Crippen LogP contribution in [0.1, 0.15) is 57.8 Å². The van der Waals surface area contributed by atoms with Crippen molar-refractivity contribution in [3.63, 3.8) is 0 Å². The molecule has 6 heteroatoms. The number of guanidine groups is 1. The first-order valence-corrected chi connectivity index (χ1v) is 10.9. The van der Waals surface area contributed by atoms with E-state index in [0.717, 1.165) is 63.5 Å². The second-order valence-electron chi connectivity index (χ2n) is 7.55. The molecule has 0 aliphatic heterocycles. The van der Waals surface area contributed by atoms with Gasteiger partial charge in [0.15, 0.2) is 5.96 Å². The molecule has 0 saturated heterocycles. The number of benzene rings is 1. The van der Waals surface area contributed by atoms with E-state index in [1.54, 1.807) is 0 Å². The maximum absolute atomic E-state index is 10.8. The quantitative estimate of drug-likeness (QED) is 0.378. The molecule has 1 heterocycles. The zero-order valence-corrected chi connectivity index (χ0v) is 18.2. The third kappa shape index (κ3) is 7.89. The molecule has 0 bridgehead atoms. The first kappa shape index (κ1) is 22.9. The van der Waals surface area contributed by atoms with Crippen LogP contribution >= 0.6 is 0 Å². The summed E-state index contributed by atoms with van der Waals surface area (Å²) in [5, 5.41) is 17.5. The molecule has 0 atom stereocenters. The molecule has 0 fully saturated rings. The molecule has 6 nitrogen and oxygen atoms in total. The van der Waals surface area contributed by atoms with Gasteiger partial charge in [0, 0.05) is 38.4 Å². The lowest BCUT2D eigenvalue weighted by Crippen LogP contribution is -2.41. The normalized spacial score (nSPS) is 12.2. The fourth-order valence-corrected chi connectivity index (χ4v) is 3.57. The van der Waals surface area contributed by atoms with Crippen LogP contribution < -0.4 is 10.6 Å². The minimum atomic E-state index is -0.711. The van der Waals surface area contributed by atoms with E-state index in [4.69, 9.17) is 0 Å². The second-order valence-corrected chi connectivity index (χ2v) is 7.55. The van der Waals surface area contributed by atoms with Gasteiger partial charge >= 0.3 is 0 Å². The molecule has 29 heavy (non-hydrogen) atoms. The first-order valence-electron chi connectivity index (χ1n) is 10.9. The average Bonchev–Trinajstić information content (AvgIpc) is 3.14. The third-order valence-electron chi connectivity index (χ3n) is 4.94. The fraction of sp³-hybridized carbons (Fsp3) is 0.565. The van der Waals surface area contributed by atoms with Crippen LogP contribution in [0.2, 0.25) is 0 Å². The number of rotatable bonds is 12. The molecule has 0 radical (unpaired) electrons. The zero-order valence-electron chi connectivity index (χ0n) is 18.2. The van der Waals surface area contributed by atoms with Gasteiger partial charge in [0.25, 0.3) is 0 Å². The van der Waals surface area contributed by atoms with E-state index < -0.39 is 5.60 Å². The molecule has 0 spiro atoms. The molecule has 3 N–H and O–H groups in total. The topological polar surface area (TPSA) is 74.5 Å². The number of aliphatic imine (C=N–C) groups is 1. The summed E-state index contributed by atoms with van der Waals surface area (Å²) in [5.41, 5.74) is 0.554. The van der Waals surface area contributed by atoms with E-state index in [2.05, 4.69) is 63.3 Å². The average molecular weight is 400 g/mol. The summed E-state index contributed by atoms with van der Waals surface area (Å²) in [4.78, 5) is 9.16. The van der Waals surface area contributed by atoms with E-state index in [0.29, 0.717) is 6.54 Å². The van der Waals surface area contributed by atoms with Crippen molar-refractivity contribution >= 4 is 5.96 Å². The molecule has 0 unspecified atom stereocenters. The Morgan fingerprint density at radius 1 is 1.10 bits per heavy atom. The summed E-state index contributed by atoms with van der Waals surface area (Å²) < 4.78 is 2.18. The van der Waals surface area contributed by atoms with Crippen molar-refractivity contribution in [3.8, 4) is 0 Å². The van der Waals surface area contributed by atoms with E-state index in [1.807, 2.05) is 25.4 Å². The third-order valence-corrected chi connectivity index (χ3v) is 4.94. The molecule has 1 aromatic carbocycles. The molecule has 0 aliphatic rings. The minimum Gasteiger partial charge on any atom is -0.388 e. The lowest BCUT2D eigenvalue weighted by molar-refractivity contribution is 0.0306. The van der Waals surface area contributed by atoms with Crippen LogP contribution in [0.25, 0.3) is 0 Å². The maximum Gasteiger partial charge on any atom is 0.191 e. The van der Waals surface area contributed by atoms with E-state index in [9.17, 15) is 5.11 Å². The molecule has 2 rings (SSSR count). The van der Waals surface area contributed by atoms with Gasteiger partial charge in [-0.05, 0) is 25.3 Å². The van der Waals surface area contributed by atoms with Gasteiger partial charge in [-0.2, -0.15) is 0 Å². The summed E-state index contributed by atoms with van der Waals surface area (Å²) >= 11 is 0. The van der Waals surface area contributed by atoms with Crippen molar-refractivity contribution in [2.75, 3.05) is 19.6 Å². The lowest BCUT2D eigenvalue weighted by atomic mass is 9.93. The Morgan fingerprint density at radius 3 is 2.48 bits per heavy atom. The number of aromatic nitrogens is 2. The van der Waals surface area contributed by atoms with E-state index in [1.165, 1.54) is 5.56 Å². The van der Waals surface area contributed by atoms with Crippen LogP contribution in [-0.2, 0) is 13.0 Å². The van der Waals surface area contributed by atoms with Gasteiger partial charge in [-0.1, -0.05) is 57.0 Å². The lowest BCUT2D eigenvalue weighted by Gasteiger charge is -2.26. The smallest absolute Gasteiger partial charge is 0.191 e. The summed E-state index contributed by atoms with van der Waals surface area (Å²) in [6, 6.07) is 10.4. The molecule has 0 amide bonds. The van der Waals surface area contributed by atoms with Gasteiger partial charge in [0.1, 0.15) is 5.82 Å². The molecule has 0 saturated carbocycles. The molecule has 0 aliphatic carbocycles. The maximum atomic E-state index is 10.8. The second kappa shape index (κ2) is 12.3. The van der Waals surface area contributed by atoms with Gasteiger partial charge in [0.2, 0.25) is 0 Å². The Bertz CT molecular complexity index is 720. The summed E-state index contributed by atoms with van der Waals surface area (Å²) in [6.07, 6.45) is 8.16. The molecule has 2 aromatic rings. The monoisotopic (exact) mass is 399 g/mol. The number of hydrogen-bond donors (Lipinski definition) is 3. The van der Waals surface area contributed by atoms with Gasteiger partial charge in [0.05, 0.1) is 12.1 Å². The van der Waals surface area contributed by atoms with Crippen LogP contribution in [0, 0.1) is 0 Å². The van der Waals surface area contributed by atoms with Gasteiger partial charge < -0.3 is 20.3 Å². The van der Waals surface area contributed by atoms with E-state index in [-0.39, 0.29) is 0 Å². The number of imidazole rings is 1. The van der Waals surface area contributed by atoms with Crippen LogP contribution in [0.4, 0.5) is 0 Å². The Labute approximate surface area is 175 Å². The van der Waals surface area contributed by atoms with Crippen molar-refractivity contribution in [2.45, 2.75) is 65.0 Å². The number of nitrogens with one attached hydrogen (secondary N) is 2. The SMILES string of the molecule is CCCC(O)(CCC)CN=C(NCC)NCCc1nccn1Cc1ccccc1. The Hall–Kier alpha value is -2.34.